The van der Waals surface area contributed by atoms with Crippen molar-refractivity contribution in [2.45, 2.75) is 43.9 Å². The van der Waals surface area contributed by atoms with Crippen LogP contribution in [0.5, 0.6) is 0 Å². The molecule has 108 valence electrons. The molecule has 0 aliphatic heterocycles. The van der Waals surface area contributed by atoms with E-state index in [1.807, 2.05) is 0 Å². The number of aromatic nitrogens is 1. The molecule has 0 spiro atoms. The Labute approximate surface area is 117 Å². The molecule has 6 nitrogen and oxygen atoms in total. The van der Waals surface area contributed by atoms with Crippen LogP contribution in [-0.4, -0.2) is 40.9 Å². The molecule has 0 fully saturated rings. The van der Waals surface area contributed by atoms with Gasteiger partial charge in [-0.15, -0.1) is 11.3 Å². The van der Waals surface area contributed by atoms with Gasteiger partial charge in [0.2, 0.25) is 0 Å². The summed E-state index contributed by atoms with van der Waals surface area (Å²) in [5, 5.41) is 9.40. The van der Waals surface area contributed by atoms with Gasteiger partial charge in [-0.2, -0.15) is 4.31 Å². The Morgan fingerprint density at radius 3 is 2.42 bits per heavy atom. The van der Waals surface area contributed by atoms with E-state index >= 15 is 0 Å². The Kier molecular flexibility index (Phi) is 4.70. The lowest BCUT2D eigenvalue weighted by atomic mass is 10.1. The third-order valence-corrected chi connectivity index (χ3v) is 5.94. The maximum absolute atomic E-state index is 12.5. The van der Waals surface area contributed by atoms with E-state index in [-0.39, 0.29) is 17.2 Å². The molecule has 0 bridgehead atoms. The number of sulfonamides is 1. The van der Waals surface area contributed by atoms with Crippen molar-refractivity contribution in [3.05, 3.63) is 11.2 Å². The van der Waals surface area contributed by atoms with E-state index in [0.717, 1.165) is 11.3 Å². The molecule has 0 aliphatic rings. The first-order chi connectivity index (χ1) is 8.55. The molecule has 1 heterocycles. The second kappa shape index (κ2) is 5.56. The quantitative estimate of drug-likeness (QED) is 0.895. The van der Waals surface area contributed by atoms with Crippen LogP contribution < -0.4 is 0 Å². The minimum absolute atomic E-state index is 0.0574. The third kappa shape index (κ3) is 3.99. The van der Waals surface area contributed by atoms with Gasteiger partial charge in [0.15, 0.2) is 4.21 Å². The lowest BCUT2D eigenvalue weighted by Crippen LogP contribution is -2.46. The molecule has 0 amide bonds. The van der Waals surface area contributed by atoms with Crippen LogP contribution in [0.4, 0.5) is 0 Å². The Hall–Kier alpha value is -0.990. The summed E-state index contributed by atoms with van der Waals surface area (Å²) in [5.41, 5.74) is -0.688. The summed E-state index contributed by atoms with van der Waals surface area (Å²) >= 11 is 1.09. The first-order valence-electron chi connectivity index (χ1n) is 5.72. The van der Waals surface area contributed by atoms with Gasteiger partial charge in [-0.05, 0) is 27.7 Å². The maximum Gasteiger partial charge on any atom is 0.304 e. The molecule has 0 saturated carbocycles. The average Bonchev–Trinajstić information content (AvgIpc) is 2.62. The summed E-state index contributed by atoms with van der Waals surface area (Å²) in [6.45, 7) is 6.88. The van der Waals surface area contributed by atoms with Gasteiger partial charge in [0.25, 0.3) is 10.0 Å². The van der Waals surface area contributed by atoms with Crippen LogP contribution in [-0.2, 0) is 14.8 Å². The summed E-state index contributed by atoms with van der Waals surface area (Å²) in [6, 6.07) is 0. The van der Waals surface area contributed by atoms with Crippen molar-refractivity contribution < 1.29 is 18.3 Å². The number of carbonyl (C=O) groups is 1. The Bertz CT molecular complexity index is 557. The van der Waals surface area contributed by atoms with E-state index in [2.05, 4.69) is 4.98 Å². The first-order valence-corrected chi connectivity index (χ1v) is 7.98. The predicted octanol–water partition coefficient (Wildman–Crippen LogP) is 1.72. The number of nitrogens with zero attached hydrogens (tertiary/aromatic N) is 2. The number of thiazole rings is 1. The van der Waals surface area contributed by atoms with Crippen LogP contribution in [0.3, 0.4) is 0 Å². The van der Waals surface area contributed by atoms with Crippen molar-refractivity contribution in [1.82, 2.24) is 9.29 Å². The van der Waals surface area contributed by atoms with E-state index in [4.69, 9.17) is 5.11 Å². The SMILES string of the molecule is Cc1ncc(S(=O)(=O)N(CCC(=O)O)C(C)(C)C)s1. The van der Waals surface area contributed by atoms with Gasteiger partial charge >= 0.3 is 5.97 Å². The van der Waals surface area contributed by atoms with Crippen molar-refractivity contribution in [1.29, 1.82) is 0 Å². The lowest BCUT2D eigenvalue weighted by molar-refractivity contribution is -0.137. The highest BCUT2D eigenvalue weighted by atomic mass is 32.2. The molecule has 0 radical (unpaired) electrons. The van der Waals surface area contributed by atoms with Crippen LogP contribution in [0, 0.1) is 6.92 Å². The van der Waals surface area contributed by atoms with Gasteiger partial charge < -0.3 is 5.11 Å². The minimum atomic E-state index is -3.71. The van der Waals surface area contributed by atoms with Gasteiger partial charge in [0.1, 0.15) is 0 Å². The fourth-order valence-corrected chi connectivity index (χ4v) is 4.59. The summed E-state index contributed by atoms with van der Waals surface area (Å²) in [5.74, 6) is -1.02. The van der Waals surface area contributed by atoms with Gasteiger partial charge in [-0.3, -0.25) is 4.79 Å². The smallest absolute Gasteiger partial charge is 0.304 e. The molecule has 0 atom stereocenters. The number of rotatable bonds is 5. The number of hydrogen-bond donors (Lipinski definition) is 1. The standard InChI is InChI=1S/C11H18N2O4S2/c1-8-12-7-10(18-8)19(16,17)13(11(2,3)4)6-5-9(14)15/h7H,5-6H2,1-4H3,(H,14,15). The number of carboxylic acid groups (broad SMARTS) is 1. The molecular weight excluding hydrogens is 288 g/mol. The molecule has 0 aromatic carbocycles. The third-order valence-electron chi connectivity index (χ3n) is 2.42. The van der Waals surface area contributed by atoms with Gasteiger partial charge in [0.05, 0.1) is 17.6 Å². The molecule has 1 rings (SSSR count). The maximum atomic E-state index is 12.5. The van der Waals surface area contributed by atoms with Gasteiger partial charge in [0, 0.05) is 12.1 Å². The Morgan fingerprint density at radius 1 is 1.47 bits per heavy atom. The molecular formula is C11H18N2O4S2. The van der Waals surface area contributed by atoms with E-state index in [1.165, 1.54) is 10.5 Å². The first kappa shape index (κ1) is 16.1. The number of aryl methyl sites for hydroxylation is 1. The summed E-state index contributed by atoms with van der Waals surface area (Å²) in [7, 11) is -3.71. The normalized spacial score (nSPS) is 12.9. The van der Waals surface area contributed by atoms with Crippen LogP contribution in [0.15, 0.2) is 10.4 Å². The molecule has 1 N–H and O–H groups in total. The molecule has 0 saturated heterocycles. The van der Waals surface area contributed by atoms with Crippen molar-refractivity contribution in [3.63, 3.8) is 0 Å². The molecule has 8 heteroatoms. The zero-order valence-corrected chi connectivity index (χ0v) is 13.0. The van der Waals surface area contributed by atoms with Gasteiger partial charge in [-0.1, -0.05) is 0 Å². The van der Waals surface area contributed by atoms with E-state index < -0.39 is 21.5 Å². The molecule has 0 unspecified atom stereocenters. The summed E-state index contributed by atoms with van der Waals surface area (Å²) in [4.78, 5) is 14.6. The van der Waals surface area contributed by atoms with Crippen molar-refractivity contribution in [2.24, 2.45) is 0 Å². The Balaban J connectivity index is 3.13. The van der Waals surface area contributed by atoms with Crippen molar-refractivity contribution in [2.75, 3.05) is 6.54 Å². The zero-order valence-electron chi connectivity index (χ0n) is 11.4. The highest BCUT2D eigenvalue weighted by molar-refractivity contribution is 7.91. The van der Waals surface area contributed by atoms with E-state index in [0.29, 0.717) is 5.01 Å². The van der Waals surface area contributed by atoms with Crippen molar-refractivity contribution >= 4 is 27.3 Å². The average molecular weight is 306 g/mol. The fourth-order valence-electron chi connectivity index (χ4n) is 1.58. The highest BCUT2D eigenvalue weighted by Gasteiger charge is 2.35. The van der Waals surface area contributed by atoms with Crippen molar-refractivity contribution in [3.8, 4) is 0 Å². The summed E-state index contributed by atoms with van der Waals surface area (Å²) in [6.07, 6.45) is 1.09. The number of carboxylic acids is 1. The number of hydrogen-bond acceptors (Lipinski definition) is 5. The van der Waals surface area contributed by atoms with Crippen LogP contribution in [0.2, 0.25) is 0 Å². The highest BCUT2D eigenvalue weighted by Crippen LogP contribution is 2.28. The minimum Gasteiger partial charge on any atom is -0.481 e. The van der Waals surface area contributed by atoms with Gasteiger partial charge in [-0.25, -0.2) is 13.4 Å². The van der Waals surface area contributed by atoms with Crippen LogP contribution in [0.25, 0.3) is 0 Å². The molecule has 19 heavy (non-hydrogen) atoms. The zero-order chi connectivity index (χ0) is 14.8. The largest absolute Gasteiger partial charge is 0.481 e. The monoisotopic (exact) mass is 306 g/mol. The topological polar surface area (TPSA) is 87.6 Å². The second-order valence-electron chi connectivity index (χ2n) is 5.09. The molecule has 1 aromatic heterocycles. The predicted molar refractivity (Wildman–Crippen MR) is 72.7 cm³/mol. The number of aliphatic carboxylic acids is 1. The fraction of sp³-hybridized carbons (Fsp3) is 0.636. The second-order valence-corrected chi connectivity index (χ2v) is 8.41. The summed E-state index contributed by atoms with van der Waals surface area (Å²) < 4.78 is 26.4. The van der Waals surface area contributed by atoms with E-state index in [9.17, 15) is 13.2 Å². The molecule has 1 aromatic rings. The van der Waals surface area contributed by atoms with E-state index in [1.54, 1.807) is 27.7 Å². The lowest BCUT2D eigenvalue weighted by Gasteiger charge is -2.33. The molecule has 0 aliphatic carbocycles. The van der Waals surface area contributed by atoms with Crippen LogP contribution >= 0.6 is 11.3 Å². The van der Waals surface area contributed by atoms with Crippen LogP contribution in [0.1, 0.15) is 32.2 Å². The Morgan fingerprint density at radius 2 is 2.05 bits per heavy atom.